The van der Waals surface area contributed by atoms with Gasteiger partial charge in [-0.2, -0.15) is 0 Å². The molecule has 0 saturated carbocycles. The number of hydrogen-bond donors (Lipinski definition) is 2. The van der Waals surface area contributed by atoms with Gasteiger partial charge in [-0.3, -0.25) is 0 Å². The van der Waals surface area contributed by atoms with E-state index < -0.39 is 12.3 Å². The molecule has 1 aliphatic heterocycles. The van der Waals surface area contributed by atoms with Crippen LogP contribution in [0.15, 0.2) is 54.6 Å². The molecular formula is C23H31NO3. The fourth-order valence-corrected chi connectivity index (χ4v) is 3.77. The van der Waals surface area contributed by atoms with E-state index in [1.807, 2.05) is 47.4 Å². The summed E-state index contributed by atoms with van der Waals surface area (Å²) in [5.74, 6) is 0.711. The predicted molar refractivity (Wildman–Crippen MR) is 107 cm³/mol. The number of aliphatic hydroxyl groups is 2. The molecule has 0 spiro atoms. The fourth-order valence-electron chi connectivity index (χ4n) is 3.77. The summed E-state index contributed by atoms with van der Waals surface area (Å²) in [6.07, 6.45) is 3.98. The van der Waals surface area contributed by atoms with Crippen LogP contribution in [0.4, 0.5) is 0 Å². The summed E-state index contributed by atoms with van der Waals surface area (Å²) < 4.78 is 6.28. The highest BCUT2D eigenvalue weighted by molar-refractivity contribution is 5.35. The Morgan fingerprint density at radius 2 is 1.81 bits per heavy atom. The second-order valence-corrected chi connectivity index (χ2v) is 7.27. The normalized spacial score (nSPS) is 20.2. The molecule has 3 unspecified atom stereocenters. The van der Waals surface area contributed by atoms with E-state index in [4.69, 9.17) is 4.74 Å². The molecule has 0 aliphatic carbocycles. The lowest BCUT2D eigenvalue weighted by Gasteiger charge is -2.38. The molecule has 0 radical (unpaired) electrons. The van der Waals surface area contributed by atoms with Gasteiger partial charge in [-0.15, -0.1) is 0 Å². The highest BCUT2D eigenvalue weighted by Crippen LogP contribution is 2.31. The van der Waals surface area contributed by atoms with Crippen molar-refractivity contribution in [1.82, 2.24) is 4.90 Å². The number of para-hydroxylation sites is 1. The van der Waals surface area contributed by atoms with E-state index >= 15 is 0 Å². The first-order chi connectivity index (χ1) is 13.2. The van der Waals surface area contributed by atoms with Gasteiger partial charge >= 0.3 is 0 Å². The number of hydrogen-bond acceptors (Lipinski definition) is 4. The molecule has 146 valence electrons. The highest BCUT2D eigenvalue weighted by atomic mass is 16.5. The van der Waals surface area contributed by atoms with Crippen LogP contribution in [0.2, 0.25) is 0 Å². The smallest absolute Gasteiger partial charge is 0.154 e. The molecule has 1 fully saturated rings. The predicted octanol–water partition coefficient (Wildman–Crippen LogP) is 4.27. The SMILES string of the molecule is CCC(Oc1ccccc1C(O)CCc1ccccc1)N1CCCCC1O. The Morgan fingerprint density at radius 3 is 2.56 bits per heavy atom. The Labute approximate surface area is 162 Å². The molecule has 3 rings (SSSR count). The van der Waals surface area contributed by atoms with Crippen LogP contribution in [-0.2, 0) is 6.42 Å². The molecule has 4 nitrogen and oxygen atoms in total. The Balaban J connectivity index is 1.68. The third-order valence-corrected chi connectivity index (χ3v) is 5.32. The molecule has 2 aromatic carbocycles. The van der Waals surface area contributed by atoms with E-state index in [2.05, 4.69) is 19.1 Å². The zero-order valence-corrected chi connectivity index (χ0v) is 16.1. The topological polar surface area (TPSA) is 52.9 Å². The van der Waals surface area contributed by atoms with Gasteiger partial charge in [0.2, 0.25) is 0 Å². The fraction of sp³-hybridized carbons (Fsp3) is 0.478. The molecule has 27 heavy (non-hydrogen) atoms. The number of aryl methyl sites for hydroxylation is 1. The minimum absolute atomic E-state index is 0.178. The third kappa shape index (κ3) is 5.32. The molecule has 0 aromatic heterocycles. The van der Waals surface area contributed by atoms with Crippen LogP contribution in [0.3, 0.4) is 0 Å². The van der Waals surface area contributed by atoms with Crippen LogP contribution in [0.1, 0.15) is 56.3 Å². The Bertz CT molecular complexity index is 691. The second-order valence-electron chi connectivity index (χ2n) is 7.27. The van der Waals surface area contributed by atoms with E-state index in [1.54, 1.807) is 0 Å². The van der Waals surface area contributed by atoms with Crippen molar-refractivity contribution >= 4 is 0 Å². The lowest BCUT2D eigenvalue weighted by Crippen LogP contribution is -2.48. The van der Waals surface area contributed by atoms with Crippen LogP contribution in [0, 0.1) is 0 Å². The van der Waals surface area contributed by atoms with Crippen molar-refractivity contribution in [2.24, 2.45) is 0 Å². The van der Waals surface area contributed by atoms with Crippen LogP contribution in [-0.4, -0.2) is 34.1 Å². The van der Waals surface area contributed by atoms with Crippen molar-refractivity contribution in [3.05, 3.63) is 65.7 Å². The lowest BCUT2D eigenvalue weighted by atomic mass is 10.0. The quantitative estimate of drug-likeness (QED) is 0.729. The van der Waals surface area contributed by atoms with Crippen LogP contribution in [0.25, 0.3) is 0 Å². The molecule has 2 N–H and O–H groups in total. The van der Waals surface area contributed by atoms with E-state index in [9.17, 15) is 10.2 Å². The number of likely N-dealkylation sites (tertiary alicyclic amines) is 1. The van der Waals surface area contributed by atoms with Crippen molar-refractivity contribution in [2.45, 2.75) is 64.0 Å². The molecule has 0 bridgehead atoms. The monoisotopic (exact) mass is 369 g/mol. The van der Waals surface area contributed by atoms with Crippen molar-refractivity contribution in [2.75, 3.05) is 6.54 Å². The maximum atomic E-state index is 10.8. The van der Waals surface area contributed by atoms with Gasteiger partial charge in [-0.05, 0) is 50.2 Å². The average molecular weight is 370 g/mol. The van der Waals surface area contributed by atoms with Crippen LogP contribution >= 0.6 is 0 Å². The van der Waals surface area contributed by atoms with Crippen molar-refractivity contribution in [3.8, 4) is 5.75 Å². The maximum absolute atomic E-state index is 10.8. The zero-order valence-electron chi connectivity index (χ0n) is 16.1. The molecule has 1 saturated heterocycles. The van der Waals surface area contributed by atoms with Gasteiger partial charge in [-0.25, -0.2) is 4.90 Å². The Morgan fingerprint density at radius 1 is 1.07 bits per heavy atom. The molecule has 3 atom stereocenters. The number of aliphatic hydroxyl groups excluding tert-OH is 2. The van der Waals surface area contributed by atoms with Crippen LogP contribution in [0.5, 0.6) is 5.75 Å². The standard InChI is InChI=1S/C23H31NO3/c1-2-23(24-17-9-8-14-22(24)26)27-21-13-7-6-12-19(21)20(25)16-15-18-10-4-3-5-11-18/h3-7,10-13,20,22-23,25-26H,2,8-9,14-17H2,1H3. The van der Waals surface area contributed by atoms with Gasteiger partial charge in [0.15, 0.2) is 6.23 Å². The van der Waals surface area contributed by atoms with Crippen molar-refractivity contribution in [3.63, 3.8) is 0 Å². The van der Waals surface area contributed by atoms with E-state index in [0.717, 1.165) is 44.2 Å². The molecule has 2 aromatic rings. The van der Waals surface area contributed by atoms with Gasteiger partial charge in [0.25, 0.3) is 0 Å². The summed E-state index contributed by atoms with van der Waals surface area (Å²) in [4.78, 5) is 2.04. The lowest BCUT2D eigenvalue weighted by molar-refractivity contribution is -0.109. The molecule has 1 aliphatic rings. The van der Waals surface area contributed by atoms with Crippen molar-refractivity contribution < 1.29 is 14.9 Å². The minimum Gasteiger partial charge on any atom is -0.475 e. The molecule has 4 heteroatoms. The number of rotatable bonds is 8. The summed E-state index contributed by atoms with van der Waals surface area (Å²) in [5.41, 5.74) is 2.04. The number of nitrogens with zero attached hydrogens (tertiary/aromatic N) is 1. The summed E-state index contributed by atoms with van der Waals surface area (Å²) in [7, 11) is 0. The molecular weight excluding hydrogens is 338 g/mol. The van der Waals surface area contributed by atoms with Gasteiger partial charge in [0, 0.05) is 12.1 Å². The van der Waals surface area contributed by atoms with Gasteiger partial charge < -0.3 is 14.9 Å². The Kier molecular flexibility index (Phi) is 7.27. The van der Waals surface area contributed by atoms with Crippen LogP contribution < -0.4 is 4.74 Å². The van der Waals surface area contributed by atoms with Gasteiger partial charge in [0.1, 0.15) is 12.0 Å². The number of benzene rings is 2. The summed E-state index contributed by atoms with van der Waals surface area (Å²) in [5, 5.41) is 21.1. The van der Waals surface area contributed by atoms with E-state index in [-0.39, 0.29) is 6.23 Å². The first kappa shape index (κ1) is 19.9. The summed E-state index contributed by atoms with van der Waals surface area (Å²) >= 11 is 0. The second kappa shape index (κ2) is 9.88. The average Bonchev–Trinajstić information content (AvgIpc) is 2.72. The van der Waals surface area contributed by atoms with Gasteiger partial charge in [-0.1, -0.05) is 55.5 Å². The first-order valence-corrected chi connectivity index (χ1v) is 10.1. The highest BCUT2D eigenvalue weighted by Gasteiger charge is 2.28. The van der Waals surface area contributed by atoms with E-state index in [0.29, 0.717) is 12.2 Å². The van der Waals surface area contributed by atoms with E-state index in [1.165, 1.54) is 5.56 Å². The number of piperidine rings is 1. The minimum atomic E-state index is -0.579. The zero-order chi connectivity index (χ0) is 19.1. The maximum Gasteiger partial charge on any atom is 0.154 e. The van der Waals surface area contributed by atoms with Crippen molar-refractivity contribution in [1.29, 1.82) is 0 Å². The third-order valence-electron chi connectivity index (χ3n) is 5.32. The summed E-state index contributed by atoms with van der Waals surface area (Å²) in [6, 6.07) is 17.9. The summed E-state index contributed by atoms with van der Waals surface area (Å²) in [6.45, 7) is 2.92. The first-order valence-electron chi connectivity index (χ1n) is 10.1. The largest absolute Gasteiger partial charge is 0.475 e. The molecule has 1 heterocycles. The number of ether oxygens (including phenoxy) is 1. The Hall–Kier alpha value is -1.88. The van der Waals surface area contributed by atoms with Gasteiger partial charge in [0.05, 0.1) is 6.10 Å². The molecule has 0 amide bonds.